The molecular weight excluding hydrogens is 409 g/mol. The highest BCUT2D eigenvalue weighted by molar-refractivity contribution is 9.26. The van der Waals surface area contributed by atoms with E-state index in [1.165, 1.54) is 44.3 Å². The molecule has 0 saturated heterocycles. The van der Waals surface area contributed by atoms with Gasteiger partial charge in [0, 0.05) is 37.4 Å². The molecule has 0 aliphatic carbocycles. The van der Waals surface area contributed by atoms with Gasteiger partial charge in [-0.05, 0) is 53.3 Å². The highest BCUT2D eigenvalue weighted by Gasteiger charge is 2.39. The predicted molar refractivity (Wildman–Crippen MR) is 124 cm³/mol. The summed E-state index contributed by atoms with van der Waals surface area (Å²) in [5.74, 6) is 2.40. The van der Waals surface area contributed by atoms with Gasteiger partial charge in [-0.3, -0.25) is 0 Å². The molecule has 0 aliphatic heterocycles. The van der Waals surface area contributed by atoms with E-state index in [-0.39, 0.29) is 0 Å². The molecule has 0 amide bonds. The van der Waals surface area contributed by atoms with Crippen molar-refractivity contribution in [2.45, 2.75) is 78.7 Å². The van der Waals surface area contributed by atoms with E-state index in [0.29, 0.717) is 19.8 Å². The lowest BCUT2D eigenvalue weighted by atomic mass is 10.1. The molecule has 0 rings (SSSR count). The van der Waals surface area contributed by atoms with Gasteiger partial charge in [-0.25, -0.2) is 0 Å². The van der Waals surface area contributed by atoms with Crippen molar-refractivity contribution < 1.29 is 13.3 Å². The lowest BCUT2D eigenvalue weighted by Crippen LogP contribution is -2.46. The average Bonchev–Trinajstić information content (AvgIpc) is 2.60. The second kappa shape index (κ2) is 20.2. The summed E-state index contributed by atoms with van der Waals surface area (Å²) < 4.78 is 17.7. The molecule has 0 aromatic heterocycles. The van der Waals surface area contributed by atoms with Crippen LogP contribution in [0.5, 0.6) is 0 Å². The third kappa shape index (κ3) is 16.2. The number of hydrogen-bond acceptors (Lipinski definition) is 7. The summed E-state index contributed by atoms with van der Waals surface area (Å²) in [6.45, 7) is 10.3. The van der Waals surface area contributed by atoms with Crippen molar-refractivity contribution in [2.75, 3.05) is 31.3 Å². The highest BCUT2D eigenvalue weighted by Crippen LogP contribution is 2.43. The van der Waals surface area contributed by atoms with Crippen LogP contribution in [0.3, 0.4) is 0 Å². The molecule has 25 heavy (non-hydrogen) atoms. The third-order valence-corrected chi connectivity index (χ3v) is 13.3. The Balaban J connectivity index is 3.56. The van der Waals surface area contributed by atoms with Gasteiger partial charge in [0.25, 0.3) is 0 Å². The first kappa shape index (κ1) is 26.5. The van der Waals surface area contributed by atoms with Gasteiger partial charge in [-0.2, -0.15) is 0 Å². The Morgan fingerprint density at radius 1 is 0.600 bits per heavy atom. The summed E-state index contributed by atoms with van der Waals surface area (Å²) >= 11 is 0. The summed E-state index contributed by atoms with van der Waals surface area (Å²) in [6.07, 6.45) is 9.39. The van der Waals surface area contributed by atoms with Gasteiger partial charge in [0.15, 0.2) is 0 Å². The quantitative estimate of drug-likeness (QED) is 0.109. The fourth-order valence-electron chi connectivity index (χ4n) is 2.40. The van der Waals surface area contributed by atoms with Crippen LogP contribution in [0.15, 0.2) is 0 Å². The van der Waals surface area contributed by atoms with E-state index in [9.17, 15) is 0 Å². The predicted octanol–water partition coefficient (Wildman–Crippen LogP) is 7.46. The van der Waals surface area contributed by atoms with Crippen LogP contribution in [0.4, 0.5) is 0 Å². The molecule has 0 spiro atoms. The zero-order chi connectivity index (χ0) is 18.6. The molecule has 0 atom stereocenters. The van der Waals surface area contributed by atoms with Gasteiger partial charge in [-0.1, -0.05) is 60.6 Å². The maximum absolute atomic E-state index is 5.89. The van der Waals surface area contributed by atoms with Gasteiger partial charge >= 0.3 is 8.80 Å². The molecule has 0 unspecified atom stereocenters. The van der Waals surface area contributed by atoms with E-state index in [0.717, 1.165) is 18.2 Å². The van der Waals surface area contributed by atoms with Crippen molar-refractivity contribution in [3.63, 3.8) is 0 Å². The van der Waals surface area contributed by atoms with E-state index < -0.39 is 8.80 Å². The van der Waals surface area contributed by atoms with E-state index >= 15 is 0 Å². The topological polar surface area (TPSA) is 27.7 Å². The Hall–Kier alpha value is 1.50. The lowest BCUT2D eigenvalue weighted by molar-refractivity contribution is 0.0712. The lowest BCUT2D eigenvalue weighted by Gasteiger charge is -2.28. The zero-order valence-electron chi connectivity index (χ0n) is 16.6. The number of rotatable bonds is 20. The SMILES string of the molecule is CCCCCCCCSSSSCCC[Si](OCC)(OCC)OCC. The fourth-order valence-corrected chi connectivity index (χ4v) is 11.5. The van der Waals surface area contributed by atoms with Crippen LogP contribution < -0.4 is 0 Å². The zero-order valence-corrected chi connectivity index (χ0v) is 20.8. The van der Waals surface area contributed by atoms with Crippen molar-refractivity contribution in [2.24, 2.45) is 0 Å². The van der Waals surface area contributed by atoms with Crippen LogP contribution in [-0.2, 0) is 13.3 Å². The molecule has 0 aromatic rings. The largest absolute Gasteiger partial charge is 0.500 e. The van der Waals surface area contributed by atoms with Crippen LogP contribution in [0, 0.1) is 0 Å². The summed E-state index contributed by atoms with van der Waals surface area (Å²) in [4.78, 5) is 0. The molecule has 0 aromatic carbocycles. The maximum atomic E-state index is 5.89. The Morgan fingerprint density at radius 2 is 1.08 bits per heavy atom. The van der Waals surface area contributed by atoms with E-state index in [1.54, 1.807) is 0 Å². The Morgan fingerprint density at radius 3 is 1.60 bits per heavy atom. The van der Waals surface area contributed by atoms with Crippen molar-refractivity contribution in [1.29, 1.82) is 0 Å². The van der Waals surface area contributed by atoms with Crippen molar-refractivity contribution >= 4 is 50.0 Å². The third-order valence-electron chi connectivity index (χ3n) is 3.51. The number of unbranched alkanes of at least 4 members (excludes halogenated alkanes) is 5. The summed E-state index contributed by atoms with van der Waals surface area (Å²) in [7, 11) is 5.33. The van der Waals surface area contributed by atoms with Gasteiger partial charge < -0.3 is 13.3 Å². The van der Waals surface area contributed by atoms with Crippen LogP contribution in [0.25, 0.3) is 0 Å². The molecular formula is C17H38O3S4Si. The molecule has 0 N–H and O–H groups in total. The minimum absolute atomic E-state index is 0.666. The molecule has 152 valence electrons. The normalized spacial score (nSPS) is 12.0. The Bertz CT molecular complexity index is 259. The van der Waals surface area contributed by atoms with Gasteiger partial charge in [0.1, 0.15) is 0 Å². The maximum Gasteiger partial charge on any atom is 0.500 e. The first-order valence-corrected chi connectivity index (χ1v) is 16.8. The summed E-state index contributed by atoms with van der Waals surface area (Å²) in [5, 5.41) is 0. The molecule has 0 fully saturated rings. The van der Waals surface area contributed by atoms with Crippen LogP contribution in [0.2, 0.25) is 6.04 Å². The molecule has 8 heteroatoms. The van der Waals surface area contributed by atoms with E-state index in [1.807, 2.05) is 62.0 Å². The highest BCUT2D eigenvalue weighted by atomic mass is 33.7. The van der Waals surface area contributed by atoms with Crippen LogP contribution in [-0.4, -0.2) is 40.1 Å². The Kier molecular flexibility index (Phi) is 21.4. The smallest absolute Gasteiger partial charge is 0.374 e. The van der Waals surface area contributed by atoms with E-state index in [4.69, 9.17) is 13.3 Å². The van der Waals surface area contributed by atoms with Gasteiger partial charge in [0.2, 0.25) is 0 Å². The molecule has 0 heterocycles. The summed E-state index contributed by atoms with van der Waals surface area (Å²) in [5.41, 5.74) is 0. The monoisotopic (exact) mass is 446 g/mol. The van der Waals surface area contributed by atoms with Crippen molar-refractivity contribution in [3.8, 4) is 0 Å². The van der Waals surface area contributed by atoms with Gasteiger partial charge in [0.05, 0.1) is 0 Å². The van der Waals surface area contributed by atoms with Crippen molar-refractivity contribution in [1.82, 2.24) is 0 Å². The first-order chi connectivity index (χ1) is 12.2. The van der Waals surface area contributed by atoms with Gasteiger partial charge in [-0.15, -0.1) is 0 Å². The fraction of sp³-hybridized carbons (Fsp3) is 1.00. The Labute approximate surface area is 172 Å². The molecule has 0 radical (unpaired) electrons. The van der Waals surface area contributed by atoms with Crippen LogP contribution >= 0.6 is 41.2 Å². The molecule has 0 aliphatic rings. The van der Waals surface area contributed by atoms with Crippen LogP contribution in [0.1, 0.15) is 72.6 Å². The molecule has 0 saturated carbocycles. The second-order valence-electron chi connectivity index (χ2n) is 5.63. The molecule has 0 bridgehead atoms. The minimum Gasteiger partial charge on any atom is -0.374 e. The average molecular weight is 447 g/mol. The second-order valence-corrected chi connectivity index (χ2v) is 14.6. The van der Waals surface area contributed by atoms with E-state index in [2.05, 4.69) is 6.92 Å². The summed E-state index contributed by atoms with van der Waals surface area (Å²) in [6, 6.07) is 0.922. The minimum atomic E-state index is -2.43. The molecule has 3 nitrogen and oxygen atoms in total. The number of hydrogen-bond donors (Lipinski definition) is 0. The van der Waals surface area contributed by atoms with Crippen molar-refractivity contribution in [3.05, 3.63) is 0 Å². The first-order valence-electron chi connectivity index (χ1n) is 9.74. The standard InChI is InChI=1S/C17H38O3S4Si/c1-5-9-10-11-12-13-15-21-23-24-22-16-14-17-25(18-6-2,19-7-3)20-8-4/h5-17H2,1-4H3.